The van der Waals surface area contributed by atoms with Crippen LogP contribution in [0, 0.1) is 11.8 Å². The molecule has 0 heterocycles. The summed E-state index contributed by atoms with van der Waals surface area (Å²) in [4.78, 5) is 75.9. The van der Waals surface area contributed by atoms with Crippen molar-refractivity contribution >= 4 is 41.3 Å². The summed E-state index contributed by atoms with van der Waals surface area (Å²) in [7, 11) is 1.31. The summed E-state index contributed by atoms with van der Waals surface area (Å²) in [5.41, 5.74) is 10.5. The topological polar surface area (TPSA) is 231 Å². The Labute approximate surface area is 197 Å². The summed E-state index contributed by atoms with van der Waals surface area (Å²) in [6.07, 6.45) is -0.903. The minimum Gasteiger partial charge on any atom is -0.481 e. The number of hydrogen-bond donors (Lipinski definition) is 6. The zero-order chi connectivity index (χ0) is 26.3. The van der Waals surface area contributed by atoms with E-state index in [1.165, 1.54) is 7.05 Å². The van der Waals surface area contributed by atoms with Gasteiger partial charge in [-0.1, -0.05) is 6.92 Å². The zero-order valence-corrected chi connectivity index (χ0v) is 19.5. The van der Waals surface area contributed by atoms with Crippen molar-refractivity contribution in [3.05, 3.63) is 0 Å². The van der Waals surface area contributed by atoms with Gasteiger partial charge in [0.15, 0.2) is 11.7 Å². The third kappa shape index (κ3) is 13.1. The third-order valence-corrected chi connectivity index (χ3v) is 4.93. The van der Waals surface area contributed by atoms with Crippen LogP contribution in [0.4, 0.5) is 0 Å². The molecule has 13 nitrogen and oxygen atoms in total. The minimum atomic E-state index is -1.28. The highest BCUT2D eigenvalue weighted by Crippen LogP contribution is 2.16. The van der Waals surface area contributed by atoms with Gasteiger partial charge in [0.2, 0.25) is 11.8 Å². The Bertz CT molecular complexity index is 779. The molecule has 0 saturated heterocycles. The molecule has 8 N–H and O–H groups in total. The lowest BCUT2D eigenvalue weighted by Crippen LogP contribution is -2.46. The summed E-state index contributed by atoms with van der Waals surface area (Å²) in [5, 5.41) is 23.0. The number of rotatable bonds is 18. The molecular formula is C21H35N5O8. The van der Waals surface area contributed by atoms with Gasteiger partial charge in [0.05, 0.1) is 30.7 Å². The molecule has 0 aromatic rings. The molecule has 0 aromatic heterocycles. The highest BCUT2D eigenvalue weighted by molar-refractivity contribution is 5.95. The number of aliphatic imine (C=N–C) groups is 1. The Morgan fingerprint density at radius 2 is 1.44 bits per heavy atom. The molecule has 34 heavy (non-hydrogen) atoms. The highest BCUT2D eigenvalue weighted by atomic mass is 16.4. The number of carboxylic acid groups (broad SMARTS) is 2. The molecule has 192 valence electrons. The number of Topliss-reactive ketones (excluding diaryl/α,β-unsaturated/α-hetero) is 2. The fraction of sp³-hybridized carbons (Fsp3) is 0.667. The SMILES string of the molecule is CCCC(=O)C[C@@H](CC(=O)O)C(=O)N[C@@H](CCCN=C(N)N)C(=O)C[C@@H](CC(=O)O)C(=O)NC. The molecular weight excluding hydrogens is 450 g/mol. The van der Waals surface area contributed by atoms with Crippen LogP contribution in [0.15, 0.2) is 4.99 Å². The first-order valence-electron chi connectivity index (χ1n) is 11.0. The van der Waals surface area contributed by atoms with Crippen molar-refractivity contribution in [2.24, 2.45) is 28.3 Å². The van der Waals surface area contributed by atoms with Crippen LogP contribution in [0.2, 0.25) is 0 Å². The van der Waals surface area contributed by atoms with Crippen LogP contribution in [-0.4, -0.2) is 71.1 Å². The summed E-state index contributed by atoms with van der Waals surface area (Å²) >= 11 is 0. The number of amides is 2. The lowest BCUT2D eigenvalue weighted by molar-refractivity contribution is -0.142. The van der Waals surface area contributed by atoms with Crippen molar-refractivity contribution in [3.63, 3.8) is 0 Å². The number of nitrogens with two attached hydrogens (primary N) is 2. The predicted octanol–water partition coefficient (Wildman–Crippen LogP) is -0.829. The first-order chi connectivity index (χ1) is 15.9. The van der Waals surface area contributed by atoms with E-state index in [1.807, 2.05) is 0 Å². The first kappa shape index (κ1) is 30.5. The second-order valence-corrected chi connectivity index (χ2v) is 7.88. The van der Waals surface area contributed by atoms with E-state index in [0.29, 0.717) is 6.42 Å². The number of ketones is 2. The number of carbonyl (C=O) groups is 6. The minimum absolute atomic E-state index is 0.0532. The van der Waals surface area contributed by atoms with Crippen LogP contribution in [-0.2, 0) is 28.8 Å². The monoisotopic (exact) mass is 485 g/mol. The molecule has 0 aliphatic heterocycles. The summed E-state index contributed by atoms with van der Waals surface area (Å²) < 4.78 is 0. The standard InChI is InChI=1S/C21H35N5O8/c1-3-5-14(27)8-12(10-17(29)30)20(34)26-15(6-4-7-25-21(22)23)16(28)9-13(11-18(31)32)19(33)24-2/h12-13,15H,3-11H2,1-2H3,(H,24,33)(H,26,34)(H,29,30)(H,31,32)(H4,22,23,25)/t12-,13-,15-/m0/s1. The van der Waals surface area contributed by atoms with Crippen LogP contribution in [0.25, 0.3) is 0 Å². The lowest BCUT2D eigenvalue weighted by Gasteiger charge is -2.22. The Balaban J connectivity index is 5.62. The second-order valence-electron chi connectivity index (χ2n) is 7.88. The molecule has 0 aromatic carbocycles. The summed E-state index contributed by atoms with van der Waals surface area (Å²) in [6.45, 7) is 1.92. The maximum Gasteiger partial charge on any atom is 0.304 e. The van der Waals surface area contributed by atoms with Crippen LogP contribution in [0.5, 0.6) is 0 Å². The molecule has 0 rings (SSSR count). The Kier molecular flexibility index (Phi) is 14.5. The van der Waals surface area contributed by atoms with Crippen molar-refractivity contribution < 1.29 is 39.0 Å². The maximum atomic E-state index is 12.9. The number of carbonyl (C=O) groups excluding carboxylic acids is 4. The maximum absolute atomic E-state index is 12.9. The van der Waals surface area contributed by atoms with Crippen LogP contribution in [0.3, 0.4) is 0 Å². The van der Waals surface area contributed by atoms with Crippen molar-refractivity contribution in [2.75, 3.05) is 13.6 Å². The smallest absolute Gasteiger partial charge is 0.304 e. The van der Waals surface area contributed by atoms with E-state index in [9.17, 15) is 28.8 Å². The van der Waals surface area contributed by atoms with Crippen LogP contribution < -0.4 is 22.1 Å². The normalized spacial score (nSPS) is 13.1. The van der Waals surface area contributed by atoms with Crippen LogP contribution >= 0.6 is 0 Å². The van der Waals surface area contributed by atoms with Crippen molar-refractivity contribution in [1.82, 2.24) is 10.6 Å². The summed E-state index contributed by atoms with van der Waals surface area (Å²) in [5.74, 6) is -7.37. The molecule has 13 heteroatoms. The van der Waals surface area contributed by atoms with E-state index in [4.69, 9.17) is 21.7 Å². The Morgan fingerprint density at radius 1 is 0.882 bits per heavy atom. The quantitative estimate of drug-likeness (QED) is 0.0801. The van der Waals surface area contributed by atoms with Gasteiger partial charge in [-0.15, -0.1) is 0 Å². The Morgan fingerprint density at radius 3 is 1.91 bits per heavy atom. The molecule has 2 amide bonds. The molecule has 0 aliphatic rings. The van der Waals surface area contributed by atoms with Gasteiger partial charge in [0.25, 0.3) is 0 Å². The van der Waals surface area contributed by atoms with E-state index in [-0.39, 0.29) is 44.0 Å². The number of guanidine groups is 1. The molecule has 0 bridgehead atoms. The van der Waals surface area contributed by atoms with Crippen molar-refractivity contribution in [2.45, 2.75) is 64.3 Å². The predicted molar refractivity (Wildman–Crippen MR) is 122 cm³/mol. The molecule has 0 radical (unpaired) electrons. The van der Waals surface area contributed by atoms with E-state index in [0.717, 1.165) is 0 Å². The highest BCUT2D eigenvalue weighted by Gasteiger charge is 2.31. The molecule has 0 unspecified atom stereocenters. The largest absolute Gasteiger partial charge is 0.481 e. The van der Waals surface area contributed by atoms with Gasteiger partial charge >= 0.3 is 11.9 Å². The van der Waals surface area contributed by atoms with E-state index < -0.39 is 66.7 Å². The molecule has 0 saturated carbocycles. The number of carboxylic acids is 2. The van der Waals surface area contributed by atoms with Gasteiger partial charge in [-0.25, -0.2) is 0 Å². The van der Waals surface area contributed by atoms with Gasteiger partial charge in [-0.3, -0.25) is 33.8 Å². The fourth-order valence-electron chi connectivity index (χ4n) is 3.29. The van der Waals surface area contributed by atoms with Crippen molar-refractivity contribution in [1.29, 1.82) is 0 Å². The number of nitrogens with zero attached hydrogens (tertiary/aromatic N) is 1. The molecule has 0 spiro atoms. The van der Waals surface area contributed by atoms with Gasteiger partial charge in [-0.05, 0) is 19.3 Å². The fourth-order valence-corrected chi connectivity index (χ4v) is 3.29. The van der Waals surface area contributed by atoms with E-state index in [2.05, 4.69) is 15.6 Å². The first-order valence-corrected chi connectivity index (χ1v) is 11.0. The number of aliphatic carboxylic acids is 2. The van der Waals surface area contributed by atoms with E-state index in [1.54, 1.807) is 6.92 Å². The average molecular weight is 486 g/mol. The molecule has 0 aliphatic carbocycles. The second kappa shape index (κ2) is 16.2. The van der Waals surface area contributed by atoms with Gasteiger partial charge in [-0.2, -0.15) is 0 Å². The molecule has 0 fully saturated rings. The summed E-state index contributed by atoms with van der Waals surface area (Å²) in [6, 6.07) is -1.15. The Hall–Kier alpha value is -3.51. The zero-order valence-electron chi connectivity index (χ0n) is 19.5. The van der Waals surface area contributed by atoms with Gasteiger partial charge < -0.3 is 32.3 Å². The third-order valence-electron chi connectivity index (χ3n) is 4.93. The van der Waals surface area contributed by atoms with Gasteiger partial charge in [0.1, 0.15) is 5.78 Å². The average Bonchev–Trinajstić information content (AvgIpc) is 2.73. The lowest BCUT2D eigenvalue weighted by atomic mass is 9.91. The van der Waals surface area contributed by atoms with Crippen LogP contribution in [0.1, 0.15) is 58.3 Å². The molecule has 3 atom stereocenters. The number of hydrogen-bond acceptors (Lipinski definition) is 7. The van der Waals surface area contributed by atoms with Gasteiger partial charge in [0, 0.05) is 32.9 Å². The number of nitrogens with one attached hydrogen (secondary N) is 2. The van der Waals surface area contributed by atoms with E-state index >= 15 is 0 Å². The van der Waals surface area contributed by atoms with Crippen molar-refractivity contribution in [3.8, 4) is 0 Å².